The smallest absolute Gasteiger partial charge is 0.118 e. The molecule has 0 saturated carbocycles. The van der Waals surface area contributed by atoms with Gasteiger partial charge in [0.1, 0.15) is 11.9 Å². The second-order valence-corrected chi connectivity index (χ2v) is 8.90. The van der Waals surface area contributed by atoms with E-state index < -0.39 is 0 Å². The minimum Gasteiger partial charge on any atom is -0.497 e. The fourth-order valence-corrected chi connectivity index (χ4v) is 4.64. The molecule has 1 aliphatic rings. The van der Waals surface area contributed by atoms with Gasteiger partial charge in [-0.05, 0) is 79.7 Å². The van der Waals surface area contributed by atoms with Gasteiger partial charge in [0.15, 0.2) is 0 Å². The summed E-state index contributed by atoms with van der Waals surface area (Å²) < 4.78 is 11.8. The van der Waals surface area contributed by atoms with E-state index in [2.05, 4.69) is 53.4 Å². The van der Waals surface area contributed by atoms with Crippen molar-refractivity contribution in [3.05, 3.63) is 101 Å². The van der Waals surface area contributed by atoms with Gasteiger partial charge in [0.05, 0.1) is 13.7 Å². The third-order valence-corrected chi connectivity index (χ3v) is 6.55. The molecule has 3 nitrogen and oxygen atoms in total. The third-order valence-electron chi connectivity index (χ3n) is 6.30. The summed E-state index contributed by atoms with van der Waals surface area (Å²) in [5.74, 6) is 0.916. The van der Waals surface area contributed by atoms with Gasteiger partial charge in [0.2, 0.25) is 0 Å². The maximum Gasteiger partial charge on any atom is 0.118 e. The van der Waals surface area contributed by atoms with Crippen LogP contribution in [0.5, 0.6) is 5.75 Å². The summed E-state index contributed by atoms with van der Waals surface area (Å²) in [6.45, 7) is 3.01. The first-order valence-corrected chi connectivity index (χ1v) is 11.9. The summed E-state index contributed by atoms with van der Waals surface area (Å²) in [7, 11) is 1.71. The molecule has 0 spiro atoms. The number of halogens is 1. The summed E-state index contributed by atoms with van der Waals surface area (Å²) in [5, 5.41) is 0.749. The minimum atomic E-state index is -0.0739. The van der Waals surface area contributed by atoms with Crippen molar-refractivity contribution in [2.45, 2.75) is 37.8 Å². The van der Waals surface area contributed by atoms with Gasteiger partial charge in [0.25, 0.3) is 0 Å². The Bertz CT molecular complexity index is 943. The molecule has 1 aliphatic heterocycles. The van der Waals surface area contributed by atoms with E-state index in [1.165, 1.54) is 24.0 Å². The van der Waals surface area contributed by atoms with Gasteiger partial charge in [-0.25, -0.2) is 0 Å². The van der Waals surface area contributed by atoms with Crippen LogP contribution in [-0.4, -0.2) is 37.7 Å². The van der Waals surface area contributed by atoms with Crippen LogP contribution in [0.25, 0.3) is 0 Å². The van der Waals surface area contributed by atoms with Gasteiger partial charge < -0.3 is 9.47 Å². The number of benzene rings is 3. The Labute approximate surface area is 196 Å². The van der Waals surface area contributed by atoms with Crippen LogP contribution in [0.3, 0.4) is 0 Å². The molecule has 0 N–H and O–H groups in total. The Kier molecular flexibility index (Phi) is 8.22. The lowest BCUT2D eigenvalue weighted by atomic mass is 10.0. The molecule has 1 fully saturated rings. The summed E-state index contributed by atoms with van der Waals surface area (Å²) in [6, 6.07) is 27.4. The number of likely N-dealkylation sites (tertiary alicyclic amines) is 1. The molecule has 3 aromatic rings. The number of nitrogens with zero attached hydrogens (tertiary/aromatic N) is 1. The van der Waals surface area contributed by atoms with Crippen LogP contribution in [-0.2, 0) is 11.2 Å². The van der Waals surface area contributed by atoms with Gasteiger partial charge >= 0.3 is 0 Å². The second kappa shape index (κ2) is 11.5. The topological polar surface area (TPSA) is 21.7 Å². The highest BCUT2D eigenvalue weighted by molar-refractivity contribution is 6.30. The Morgan fingerprint density at radius 1 is 0.938 bits per heavy atom. The van der Waals surface area contributed by atoms with E-state index in [0.29, 0.717) is 6.04 Å². The zero-order valence-electron chi connectivity index (χ0n) is 18.8. The average Bonchev–Trinajstić information content (AvgIpc) is 3.29. The molecule has 1 saturated heterocycles. The van der Waals surface area contributed by atoms with Crippen molar-refractivity contribution in [1.82, 2.24) is 4.90 Å². The lowest BCUT2D eigenvalue weighted by Crippen LogP contribution is -2.34. The number of aryl methyl sites for hydroxylation is 1. The minimum absolute atomic E-state index is 0.0739. The molecule has 1 heterocycles. The number of hydrogen-bond donors (Lipinski definition) is 0. The van der Waals surface area contributed by atoms with Gasteiger partial charge in [0, 0.05) is 11.1 Å². The van der Waals surface area contributed by atoms with E-state index in [1.54, 1.807) is 7.11 Å². The zero-order chi connectivity index (χ0) is 22.2. The molecule has 0 amide bonds. The van der Waals surface area contributed by atoms with Crippen molar-refractivity contribution in [3.8, 4) is 5.75 Å². The van der Waals surface area contributed by atoms with E-state index in [0.717, 1.165) is 48.9 Å². The van der Waals surface area contributed by atoms with Gasteiger partial charge in [-0.1, -0.05) is 66.2 Å². The standard InChI is InChI=1S/C28H32ClNO2/c1-31-27-17-11-22(12-18-27)7-5-19-30-20-6-10-26(30)21-32-28(23-8-3-2-4-9-23)24-13-15-25(29)16-14-24/h2-4,8-9,11-18,26,28H,5-7,10,19-21H2,1H3/t26-,28?/m0/s1. The molecule has 4 rings (SSSR count). The Morgan fingerprint density at radius 2 is 1.66 bits per heavy atom. The van der Waals surface area contributed by atoms with Crippen LogP contribution in [0.1, 0.15) is 42.1 Å². The molecular formula is C28H32ClNO2. The molecule has 0 aromatic heterocycles. The van der Waals surface area contributed by atoms with E-state index >= 15 is 0 Å². The molecular weight excluding hydrogens is 418 g/mol. The number of hydrogen-bond acceptors (Lipinski definition) is 3. The van der Waals surface area contributed by atoms with Crippen molar-refractivity contribution >= 4 is 11.6 Å². The number of methoxy groups -OCH3 is 1. The number of ether oxygens (including phenoxy) is 2. The number of rotatable bonds is 10. The first kappa shape index (κ1) is 22.8. The van der Waals surface area contributed by atoms with E-state index in [9.17, 15) is 0 Å². The summed E-state index contributed by atoms with van der Waals surface area (Å²) in [5.41, 5.74) is 3.69. The Balaban J connectivity index is 1.34. The van der Waals surface area contributed by atoms with Gasteiger partial charge in [-0.15, -0.1) is 0 Å². The highest BCUT2D eigenvalue weighted by Crippen LogP contribution is 2.29. The van der Waals surface area contributed by atoms with Gasteiger partial charge in [-0.3, -0.25) is 4.90 Å². The highest BCUT2D eigenvalue weighted by atomic mass is 35.5. The highest BCUT2D eigenvalue weighted by Gasteiger charge is 2.26. The fraction of sp³-hybridized carbons (Fsp3) is 0.357. The third kappa shape index (κ3) is 6.13. The first-order chi connectivity index (χ1) is 15.7. The maximum absolute atomic E-state index is 6.56. The summed E-state index contributed by atoms with van der Waals surface area (Å²) >= 11 is 6.12. The van der Waals surface area contributed by atoms with E-state index in [1.807, 2.05) is 30.3 Å². The van der Waals surface area contributed by atoms with Crippen molar-refractivity contribution < 1.29 is 9.47 Å². The van der Waals surface area contributed by atoms with Crippen molar-refractivity contribution in [2.24, 2.45) is 0 Å². The molecule has 0 aliphatic carbocycles. The Morgan fingerprint density at radius 3 is 2.38 bits per heavy atom. The fourth-order valence-electron chi connectivity index (χ4n) is 4.51. The van der Waals surface area contributed by atoms with Crippen LogP contribution in [0.2, 0.25) is 5.02 Å². The molecule has 2 atom stereocenters. The van der Waals surface area contributed by atoms with Crippen LogP contribution >= 0.6 is 11.6 Å². The monoisotopic (exact) mass is 449 g/mol. The molecule has 4 heteroatoms. The van der Waals surface area contributed by atoms with Crippen molar-refractivity contribution in [2.75, 3.05) is 26.8 Å². The van der Waals surface area contributed by atoms with E-state index in [4.69, 9.17) is 21.1 Å². The van der Waals surface area contributed by atoms with Crippen LogP contribution in [0.4, 0.5) is 0 Å². The summed E-state index contributed by atoms with van der Waals surface area (Å²) in [4.78, 5) is 2.60. The first-order valence-electron chi connectivity index (χ1n) is 11.5. The predicted octanol–water partition coefficient (Wildman–Crippen LogP) is 6.55. The SMILES string of the molecule is COc1ccc(CCCN2CCC[C@H]2COC(c2ccccc2)c2ccc(Cl)cc2)cc1. The molecule has 32 heavy (non-hydrogen) atoms. The zero-order valence-corrected chi connectivity index (χ0v) is 19.5. The normalized spacial score (nSPS) is 17.4. The summed E-state index contributed by atoms with van der Waals surface area (Å²) in [6.07, 6.45) is 4.61. The largest absolute Gasteiger partial charge is 0.497 e. The predicted molar refractivity (Wildman–Crippen MR) is 132 cm³/mol. The molecule has 0 bridgehead atoms. The van der Waals surface area contributed by atoms with Crippen LogP contribution in [0.15, 0.2) is 78.9 Å². The molecule has 1 unspecified atom stereocenters. The molecule has 3 aromatic carbocycles. The van der Waals surface area contributed by atoms with Crippen LogP contribution in [0, 0.1) is 0 Å². The Hall–Kier alpha value is -2.33. The molecule has 0 radical (unpaired) electrons. The molecule has 168 valence electrons. The van der Waals surface area contributed by atoms with Crippen molar-refractivity contribution in [1.29, 1.82) is 0 Å². The van der Waals surface area contributed by atoms with E-state index in [-0.39, 0.29) is 6.10 Å². The van der Waals surface area contributed by atoms with Gasteiger partial charge in [-0.2, -0.15) is 0 Å². The van der Waals surface area contributed by atoms with Crippen LogP contribution < -0.4 is 4.74 Å². The lowest BCUT2D eigenvalue weighted by molar-refractivity contribution is 0.0376. The maximum atomic E-state index is 6.56. The average molecular weight is 450 g/mol. The lowest BCUT2D eigenvalue weighted by Gasteiger charge is -2.27. The quantitative estimate of drug-likeness (QED) is 0.350. The second-order valence-electron chi connectivity index (χ2n) is 8.46. The van der Waals surface area contributed by atoms with Crippen molar-refractivity contribution in [3.63, 3.8) is 0 Å².